The van der Waals surface area contributed by atoms with Crippen LogP contribution in [0.4, 0.5) is 13.2 Å². The lowest BCUT2D eigenvalue weighted by Crippen LogP contribution is -2.25. The molecule has 1 N–H and O–H groups in total. The number of nitrogens with zero attached hydrogens (tertiary/aromatic N) is 1. The number of halogens is 3. The fourth-order valence-electron chi connectivity index (χ4n) is 3.41. The van der Waals surface area contributed by atoms with Gasteiger partial charge in [0.2, 0.25) is 0 Å². The molecule has 0 saturated heterocycles. The second kappa shape index (κ2) is 11.3. The third kappa shape index (κ3) is 6.63. The minimum Gasteiger partial charge on any atom is -0.497 e. The molecule has 5 nitrogen and oxygen atoms in total. The van der Waals surface area contributed by atoms with Gasteiger partial charge in [0.15, 0.2) is 0 Å². The number of aromatic nitrogens is 1. The molecule has 9 heteroatoms. The maximum atomic E-state index is 12.9. The van der Waals surface area contributed by atoms with E-state index in [9.17, 15) is 18.0 Å². The van der Waals surface area contributed by atoms with Crippen LogP contribution in [0, 0.1) is 0 Å². The number of carbonyl (C=O) groups excluding carboxylic acids is 1. The Labute approximate surface area is 210 Å². The minimum absolute atomic E-state index is 0.0152. The van der Waals surface area contributed by atoms with E-state index < -0.39 is 11.7 Å². The zero-order valence-corrected chi connectivity index (χ0v) is 20.2. The number of rotatable bonds is 9. The number of nitrogens with one attached hydrogen (secondary N) is 1. The van der Waals surface area contributed by atoms with Crippen LogP contribution in [-0.2, 0) is 19.2 Å². The van der Waals surface area contributed by atoms with E-state index in [1.54, 1.807) is 42.8 Å². The molecule has 4 aromatic rings. The van der Waals surface area contributed by atoms with Crippen molar-refractivity contribution in [1.29, 1.82) is 0 Å². The number of carbonyl (C=O) groups is 1. The Balaban J connectivity index is 1.29. The first-order valence-corrected chi connectivity index (χ1v) is 12.0. The zero-order chi connectivity index (χ0) is 25.5. The summed E-state index contributed by atoms with van der Waals surface area (Å²) < 4.78 is 49.4. The van der Waals surface area contributed by atoms with Crippen molar-refractivity contribution < 1.29 is 27.4 Å². The predicted molar refractivity (Wildman–Crippen MR) is 132 cm³/mol. The molecule has 4 rings (SSSR count). The van der Waals surface area contributed by atoms with E-state index in [1.165, 1.54) is 17.4 Å². The molecule has 0 unspecified atom stereocenters. The summed E-state index contributed by atoms with van der Waals surface area (Å²) in [6.45, 7) is 0.497. The zero-order valence-electron chi connectivity index (χ0n) is 19.3. The number of methoxy groups -OCH3 is 1. The van der Waals surface area contributed by atoms with E-state index >= 15 is 0 Å². The normalized spacial score (nSPS) is 11.2. The van der Waals surface area contributed by atoms with Gasteiger partial charge < -0.3 is 14.8 Å². The molecule has 1 amide bonds. The van der Waals surface area contributed by atoms with Gasteiger partial charge in [-0.05, 0) is 66.1 Å². The van der Waals surface area contributed by atoms with Gasteiger partial charge in [0.25, 0.3) is 5.91 Å². The van der Waals surface area contributed by atoms with Crippen LogP contribution in [0.1, 0.15) is 27.2 Å². The van der Waals surface area contributed by atoms with E-state index in [2.05, 4.69) is 10.3 Å². The lowest BCUT2D eigenvalue weighted by molar-refractivity contribution is -0.137. The Hall–Kier alpha value is -3.85. The summed E-state index contributed by atoms with van der Waals surface area (Å²) in [5, 5.41) is 5.26. The van der Waals surface area contributed by atoms with Gasteiger partial charge in [-0.2, -0.15) is 13.2 Å². The first-order valence-electron chi connectivity index (χ1n) is 11.1. The molecule has 0 atom stereocenters. The maximum absolute atomic E-state index is 12.9. The largest absolute Gasteiger partial charge is 0.497 e. The summed E-state index contributed by atoms with van der Waals surface area (Å²) >= 11 is 1.35. The van der Waals surface area contributed by atoms with Crippen molar-refractivity contribution in [3.05, 3.63) is 101 Å². The standard InChI is InChI=1S/C27H23F3N2O3S/c1-34-22-9-5-18(6-10-22)13-14-31-25(33)24-17-36-26(32-24)20-7-11-23(12-8-20)35-16-19-3-2-4-21(15-19)27(28,29)30/h2-12,15,17H,13-14,16H2,1H3,(H,31,33). The van der Waals surface area contributed by atoms with E-state index in [-0.39, 0.29) is 12.5 Å². The summed E-state index contributed by atoms with van der Waals surface area (Å²) in [5.74, 6) is 1.06. The van der Waals surface area contributed by atoms with Crippen LogP contribution in [0.5, 0.6) is 11.5 Å². The van der Waals surface area contributed by atoms with Gasteiger partial charge in [-0.3, -0.25) is 4.79 Å². The quantitative estimate of drug-likeness (QED) is 0.282. The Morgan fingerprint density at radius 1 is 0.972 bits per heavy atom. The fraction of sp³-hybridized carbons (Fsp3) is 0.185. The lowest BCUT2D eigenvalue weighted by atomic mass is 10.1. The summed E-state index contributed by atoms with van der Waals surface area (Å²) in [6.07, 6.45) is -3.70. The van der Waals surface area contributed by atoms with Crippen LogP contribution in [0.25, 0.3) is 10.6 Å². The molecule has 0 saturated carbocycles. The monoisotopic (exact) mass is 512 g/mol. The van der Waals surface area contributed by atoms with Gasteiger partial charge >= 0.3 is 6.18 Å². The van der Waals surface area contributed by atoms with Crippen LogP contribution in [-0.4, -0.2) is 24.5 Å². The highest BCUT2D eigenvalue weighted by molar-refractivity contribution is 7.13. The Bertz CT molecular complexity index is 1300. The average Bonchev–Trinajstić information content (AvgIpc) is 3.38. The van der Waals surface area contributed by atoms with E-state index in [0.717, 1.165) is 29.0 Å². The molecule has 0 radical (unpaired) electrons. The molecular weight excluding hydrogens is 489 g/mol. The van der Waals surface area contributed by atoms with E-state index in [1.807, 2.05) is 24.3 Å². The van der Waals surface area contributed by atoms with Crippen molar-refractivity contribution in [3.8, 4) is 22.1 Å². The molecule has 186 valence electrons. The summed E-state index contributed by atoms with van der Waals surface area (Å²) in [6, 6.07) is 19.8. The van der Waals surface area contributed by atoms with Gasteiger partial charge in [0.1, 0.15) is 28.8 Å². The summed E-state index contributed by atoms with van der Waals surface area (Å²) in [4.78, 5) is 16.9. The average molecular weight is 513 g/mol. The van der Waals surface area contributed by atoms with Crippen molar-refractivity contribution in [2.45, 2.75) is 19.2 Å². The number of alkyl halides is 3. The molecule has 0 fully saturated rings. The summed E-state index contributed by atoms with van der Waals surface area (Å²) in [5.41, 5.74) is 1.96. The number of hydrogen-bond acceptors (Lipinski definition) is 5. The highest BCUT2D eigenvalue weighted by Gasteiger charge is 2.30. The molecule has 36 heavy (non-hydrogen) atoms. The topological polar surface area (TPSA) is 60.5 Å². The molecule has 0 aliphatic rings. The van der Waals surface area contributed by atoms with Gasteiger partial charge in [-0.15, -0.1) is 11.3 Å². The maximum Gasteiger partial charge on any atom is 0.416 e. The van der Waals surface area contributed by atoms with Crippen molar-refractivity contribution >= 4 is 17.2 Å². The predicted octanol–water partition coefficient (Wildman–Crippen LogP) is 6.39. The number of ether oxygens (including phenoxy) is 2. The second-order valence-corrected chi connectivity index (χ2v) is 8.76. The first-order chi connectivity index (χ1) is 17.3. The third-order valence-corrected chi connectivity index (χ3v) is 6.25. The molecule has 1 heterocycles. The van der Waals surface area contributed by atoms with Crippen LogP contribution >= 0.6 is 11.3 Å². The molecule has 0 aliphatic carbocycles. The van der Waals surface area contributed by atoms with Crippen molar-refractivity contribution in [3.63, 3.8) is 0 Å². The number of benzene rings is 3. The third-order valence-electron chi connectivity index (χ3n) is 5.36. The van der Waals surface area contributed by atoms with Crippen molar-refractivity contribution in [2.75, 3.05) is 13.7 Å². The smallest absolute Gasteiger partial charge is 0.416 e. The van der Waals surface area contributed by atoms with Crippen LogP contribution in [0.3, 0.4) is 0 Å². The molecule has 0 spiro atoms. The Morgan fingerprint density at radius 3 is 2.39 bits per heavy atom. The summed E-state index contributed by atoms with van der Waals surface area (Å²) in [7, 11) is 1.62. The molecule has 0 aliphatic heterocycles. The van der Waals surface area contributed by atoms with Gasteiger partial charge in [-0.1, -0.05) is 24.3 Å². The van der Waals surface area contributed by atoms with Crippen molar-refractivity contribution in [2.24, 2.45) is 0 Å². The molecule has 0 bridgehead atoms. The van der Waals surface area contributed by atoms with Gasteiger partial charge in [-0.25, -0.2) is 4.98 Å². The molecular formula is C27H23F3N2O3S. The van der Waals surface area contributed by atoms with Gasteiger partial charge in [0.05, 0.1) is 12.7 Å². The molecule has 1 aromatic heterocycles. The second-order valence-electron chi connectivity index (χ2n) is 7.90. The first kappa shape index (κ1) is 25.2. The highest BCUT2D eigenvalue weighted by Crippen LogP contribution is 2.30. The van der Waals surface area contributed by atoms with E-state index in [4.69, 9.17) is 9.47 Å². The minimum atomic E-state index is -4.39. The van der Waals surface area contributed by atoms with Gasteiger partial charge in [0, 0.05) is 17.5 Å². The lowest BCUT2D eigenvalue weighted by Gasteiger charge is -2.10. The van der Waals surface area contributed by atoms with Crippen LogP contribution in [0.2, 0.25) is 0 Å². The number of thiazole rings is 1. The van der Waals surface area contributed by atoms with Crippen LogP contribution in [0.15, 0.2) is 78.2 Å². The van der Waals surface area contributed by atoms with E-state index in [0.29, 0.717) is 35.0 Å². The highest BCUT2D eigenvalue weighted by atomic mass is 32.1. The molecule has 3 aromatic carbocycles. The van der Waals surface area contributed by atoms with Crippen molar-refractivity contribution in [1.82, 2.24) is 10.3 Å². The fourth-order valence-corrected chi connectivity index (χ4v) is 4.22. The van der Waals surface area contributed by atoms with Crippen LogP contribution < -0.4 is 14.8 Å². The Kier molecular flexibility index (Phi) is 7.90. The number of hydrogen-bond donors (Lipinski definition) is 1. The SMILES string of the molecule is COc1ccc(CCNC(=O)c2csc(-c3ccc(OCc4cccc(C(F)(F)F)c4)cc3)n2)cc1. The Morgan fingerprint density at radius 2 is 1.69 bits per heavy atom. The number of amides is 1.